The van der Waals surface area contributed by atoms with Gasteiger partial charge in [0.15, 0.2) is 0 Å². The second kappa shape index (κ2) is 8.81. The second-order valence-corrected chi connectivity index (χ2v) is 7.38. The number of aromatic nitrogens is 3. The molecule has 10 heteroatoms. The fraction of sp³-hybridized carbons (Fsp3) is 0.238. The van der Waals surface area contributed by atoms with Gasteiger partial charge >= 0.3 is 5.57 Å². The molecule has 0 aliphatic carbocycles. The van der Waals surface area contributed by atoms with E-state index in [2.05, 4.69) is 29.9 Å². The highest BCUT2D eigenvalue weighted by molar-refractivity contribution is 6.20. The molecule has 0 radical (unpaired) electrons. The first-order valence-electron chi connectivity index (χ1n) is 9.56. The molecule has 2 aromatic heterocycles. The van der Waals surface area contributed by atoms with E-state index >= 15 is 0 Å². The summed E-state index contributed by atoms with van der Waals surface area (Å²) in [5.74, 6) is 0.267. The zero-order valence-electron chi connectivity index (χ0n) is 16.3. The number of amides is 1. The largest absolute Gasteiger partial charge is 0.487 e. The normalized spacial score (nSPS) is 13.8. The lowest BCUT2D eigenvalue weighted by Crippen LogP contribution is -2.21. The fourth-order valence-electron chi connectivity index (χ4n) is 3.36. The zero-order valence-corrected chi connectivity index (χ0v) is 17.0. The Morgan fingerprint density at radius 3 is 2.42 bits per heavy atom. The maximum Gasteiger partial charge on any atom is 0.487 e. The summed E-state index contributed by atoms with van der Waals surface area (Å²) in [5.41, 5.74) is -1.53. The highest BCUT2D eigenvalue weighted by atomic mass is 35.5. The number of nitrogens with one attached hydrogen (secondary N) is 1. The molecule has 1 amide bonds. The van der Waals surface area contributed by atoms with Crippen LogP contribution < -0.4 is 15.0 Å². The molecule has 1 fully saturated rings. The van der Waals surface area contributed by atoms with Gasteiger partial charge in [0.05, 0.1) is 5.56 Å². The lowest BCUT2D eigenvalue weighted by atomic mass is 10.1. The first-order valence-corrected chi connectivity index (χ1v) is 9.94. The Labute approximate surface area is 182 Å². The van der Waals surface area contributed by atoms with Gasteiger partial charge < -0.3 is 15.0 Å². The zero-order chi connectivity index (χ0) is 21.8. The van der Waals surface area contributed by atoms with Gasteiger partial charge in [-0.25, -0.2) is 15.0 Å². The first kappa shape index (κ1) is 20.9. The van der Waals surface area contributed by atoms with Crippen LogP contribution in [0.4, 0.5) is 20.3 Å². The number of carbonyl (C=O) groups is 1. The monoisotopic (exact) mass is 445 g/mol. The molecule has 0 bridgehead atoms. The van der Waals surface area contributed by atoms with Gasteiger partial charge in [-0.05, 0) is 43.2 Å². The minimum atomic E-state index is -3.80. The number of ether oxygens (including phenoxy) is 1. The Bertz CT molecular complexity index is 1060. The quantitative estimate of drug-likeness (QED) is 0.560. The Hall–Kier alpha value is -3.33. The van der Waals surface area contributed by atoms with Crippen molar-refractivity contribution in [1.29, 1.82) is 0 Å². The molecule has 0 unspecified atom stereocenters. The van der Waals surface area contributed by atoms with Crippen LogP contribution in [0.5, 0.6) is 5.75 Å². The molecule has 3 heterocycles. The van der Waals surface area contributed by atoms with Crippen LogP contribution in [0.1, 0.15) is 23.2 Å². The Morgan fingerprint density at radius 2 is 1.77 bits per heavy atom. The molecule has 1 aliphatic heterocycles. The summed E-state index contributed by atoms with van der Waals surface area (Å²) >= 11 is 4.75. The van der Waals surface area contributed by atoms with Crippen LogP contribution in [-0.2, 0) is 0 Å². The third kappa shape index (κ3) is 5.24. The van der Waals surface area contributed by atoms with Gasteiger partial charge in [-0.1, -0.05) is 0 Å². The molecule has 1 aromatic carbocycles. The van der Waals surface area contributed by atoms with E-state index in [1.165, 1.54) is 36.8 Å². The molecule has 0 spiro atoms. The van der Waals surface area contributed by atoms with Crippen LogP contribution >= 0.6 is 11.6 Å². The summed E-state index contributed by atoms with van der Waals surface area (Å²) < 4.78 is 29.7. The van der Waals surface area contributed by atoms with Crippen molar-refractivity contribution in [3.8, 4) is 16.9 Å². The Balaban J connectivity index is 1.57. The topological polar surface area (TPSA) is 80.2 Å². The van der Waals surface area contributed by atoms with Crippen LogP contribution in [0.2, 0.25) is 0 Å². The number of alkyl halides is 3. The lowest BCUT2D eigenvalue weighted by molar-refractivity contribution is -0.0964. The fourth-order valence-corrected chi connectivity index (χ4v) is 3.45. The lowest BCUT2D eigenvalue weighted by Gasteiger charge is -2.20. The summed E-state index contributed by atoms with van der Waals surface area (Å²) in [7, 11) is 0. The summed E-state index contributed by atoms with van der Waals surface area (Å²) in [5, 5.41) is 2.72. The van der Waals surface area contributed by atoms with Crippen molar-refractivity contribution in [2.24, 2.45) is 0 Å². The van der Waals surface area contributed by atoms with Crippen LogP contribution in [0.25, 0.3) is 11.1 Å². The number of carbonyl (C=O) groups excluding carboxylic acids is 1. The SMILES string of the molecule is O=C(Nc1ccc(OC(F)(F)Cl)cc1)c1cnc(N2CCCC2)c(-c2cncnc2)c1. The third-order valence-electron chi connectivity index (χ3n) is 4.75. The highest BCUT2D eigenvalue weighted by Gasteiger charge is 2.27. The third-order valence-corrected chi connectivity index (χ3v) is 4.83. The second-order valence-electron chi connectivity index (χ2n) is 6.94. The highest BCUT2D eigenvalue weighted by Crippen LogP contribution is 2.31. The van der Waals surface area contributed by atoms with Crippen molar-refractivity contribution < 1.29 is 18.3 Å². The predicted molar refractivity (Wildman–Crippen MR) is 113 cm³/mol. The molecule has 4 rings (SSSR count). The van der Waals surface area contributed by atoms with E-state index in [4.69, 9.17) is 11.6 Å². The number of hydrogen-bond acceptors (Lipinski definition) is 6. The van der Waals surface area contributed by atoms with Crippen LogP contribution in [0, 0.1) is 0 Å². The van der Waals surface area contributed by atoms with E-state index in [0.717, 1.165) is 42.9 Å². The minimum absolute atomic E-state index is 0.124. The molecule has 7 nitrogen and oxygen atoms in total. The average Bonchev–Trinajstić information content (AvgIpc) is 3.29. The number of rotatable bonds is 6. The van der Waals surface area contributed by atoms with Gasteiger partial charge in [0.2, 0.25) is 0 Å². The van der Waals surface area contributed by atoms with Crippen LogP contribution in [0.15, 0.2) is 55.2 Å². The summed E-state index contributed by atoms with van der Waals surface area (Å²) in [6, 6.07) is 7.20. The average molecular weight is 446 g/mol. The van der Waals surface area contributed by atoms with Gasteiger partial charge in [-0.2, -0.15) is 0 Å². The van der Waals surface area contributed by atoms with Crippen LogP contribution in [0.3, 0.4) is 0 Å². The molecular formula is C21H18ClF2N5O2. The first-order chi connectivity index (χ1) is 14.9. The number of pyridine rings is 1. The van der Waals surface area contributed by atoms with Crippen molar-refractivity contribution in [2.75, 3.05) is 23.3 Å². The summed E-state index contributed by atoms with van der Waals surface area (Å²) in [6.07, 6.45) is 8.49. The Morgan fingerprint density at radius 1 is 1.10 bits per heavy atom. The van der Waals surface area contributed by atoms with Crippen molar-refractivity contribution in [3.63, 3.8) is 0 Å². The van der Waals surface area contributed by atoms with Gasteiger partial charge in [-0.3, -0.25) is 4.79 Å². The molecule has 1 aliphatic rings. The van der Waals surface area contributed by atoms with Crippen molar-refractivity contribution in [3.05, 3.63) is 60.8 Å². The van der Waals surface area contributed by atoms with Crippen molar-refractivity contribution >= 4 is 29.0 Å². The van der Waals surface area contributed by atoms with Gasteiger partial charge in [0, 0.05) is 60.1 Å². The number of hydrogen-bond donors (Lipinski definition) is 1. The molecule has 31 heavy (non-hydrogen) atoms. The van der Waals surface area contributed by atoms with E-state index in [1.807, 2.05) is 0 Å². The standard InChI is InChI=1S/C21H18ClF2N5O2/c22-21(23,24)31-17-5-3-16(4-6-17)28-20(30)14-9-18(15-10-25-13-26-11-15)19(27-12-14)29-7-1-2-8-29/h3-6,9-13H,1-2,7-8H2,(H,28,30). The van der Waals surface area contributed by atoms with E-state index in [-0.39, 0.29) is 5.75 Å². The van der Waals surface area contributed by atoms with Crippen molar-refractivity contribution in [1.82, 2.24) is 15.0 Å². The predicted octanol–water partition coefficient (Wildman–Crippen LogP) is 4.56. The molecular weight excluding hydrogens is 428 g/mol. The van der Waals surface area contributed by atoms with Gasteiger partial charge in [-0.15, -0.1) is 8.78 Å². The molecule has 1 N–H and O–H groups in total. The smallest absolute Gasteiger partial charge is 0.420 e. The number of anilines is 2. The molecule has 1 saturated heterocycles. The van der Waals surface area contributed by atoms with Crippen molar-refractivity contribution in [2.45, 2.75) is 18.4 Å². The molecule has 160 valence electrons. The van der Waals surface area contributed by atoms with Gasteiger partial charge in [0.1, 0.15) is 17.9 Å². The maximum absolute atomic E-state index is 12.8. The van der Waals surface area contributed by atoms with E-state index in [0.29, 0.717) is 11.3 Å². The number of benzene rings is 1. The number of halogens is 3. The molecule has 3 aromatic rings. The van der Waals surface area contributed by atoms with Gasteiger partial charge in [0.25, 0.3) is 5.91 Å². The van der Waals surface area contributed by atoms with Crippen LogP contribution in [-0.4, -0.2) is 39.5 Å². The van der Waals surface area contributed by atoms with E-state index in [1.54, 1.807) is 18.5 Å². The summed E-state index contributed by atoms with van der Waals surface area (Å²) in [6.45, 7) is 1.80. The maximum atomic E-state index is 12.8. The number of nitrogens with zero attached hydrogens (tertiary/aromatic N) is 4. The van der Waals surface area contributed by atoms with E-state index < -0.39 is 11.5 Å². The molecule has 0 atom stereocenters. The molecule has 0 saturated carbocycles. The Kier molecular flexibility index (Phi) is 5.94. The summed E-state index contributed by atoms with van der Waals surface area (Å²) in [4.78, 5) is 27.6. The minimum Gasteiger partial charge on any atom is -0.420 e. The van der Waals surface area contributed by atoms with E-state index in [9.17, 15) is 13.6 Å².